The third kappa shape index (κ3) is 5.80. The lowest BCUT2D eigenvalue weighted by Crippen LogP contribution is -2.27. The molecule has 0 aliphatic rings. The van der Waals surface area contributed by atoms with Gasteiger partial charge in [0.15, 0.2) is 0 Å². The molecule has 0 saturated heterocycles. The predicted molar refractivity (Wildman–Crippen MR) is 51.4 cm³/mol. The fraction of sp³-hybridized carbons (Fsp3) is 0.500. The zero-order chi connectivity index (χ0) is 16.2. The summed E-state index contributed by atoms with van der Waals surface area (Å²) < 4.78 is 118. The second-order valence-corrected chi connectivity index (χ2v) is 7.40. The van der Waals surface area contributed by atoms with Crippen molar-refractivity contribution >= 4 is 39.8 Å². The van der Waals surface area contributed by atoms with Gasteiger partial charge in [0.2, 0.25) is 0 Å². The van der Waals surface area contributed by atoms with Crippen molar-refractivity contribution in [3.8, 4) is 11.1 Å². The van der Waals surface area contributed by atoms with Gasteiger partial charge in [-0.15, -0.1) is 11.1 Å². The molecule has 0 heterocycles. The molecule has 16 heteroatoms. The zero-order valence-corrected chi connectivity index (χ0v) is 12.2. The molecule has 0 atom stereocenters. The van der Waals surface area contributed by atoms with Gasteiger partial charge in [-0.25, -0.2) is 0 Å². The van der Waals surface area contributed by atoms with Crippen molar-refractivity contribution in [1.29, 1.82) is 0 Å². The van der Waals surface area contributed by atoms with Gasteiger partial charge >= 0.3 is 50.8 Å². The van der Waals surface area contributed by atoms with Gasteiger partial charge in [0.05, 0.1) is 0 Å². The molecule has 114 valence electrons. The van der Waals surface area contributed by atoms with Crippen molar-refractivity contribution < 1.29 is 50.9 Å². The van der Waals surface area contributed by atoms with Gasteiger partial charge in [0, 0.05) is 0 Å². The van der Waals surface area contributed by atoms with Crippen LogP contribution in [-0.2, 0) is 28.0 Å². The summed E-state index contributed by atoms with van der Waals surface area (Å²) >= 11 is 0. The van der Waals surface area contributed by atoms with E-state index in [1.54, 1.807) is 11.1 Å². The molecule has 0 fully saturated rings. The van der Waals surface area contributed by atoms with Crippen molar-refractivity contribution in [2.24, 2.45) is 0 Å². The van der Waals surface area contributed by atoms with Gasteiger partial charge in [0.1, 0.15) is 0 Å². The minimum Gasteiger partial charge on any atom is -0.292 e. The van der Waals surface area contributed by atoms with E-state index in [0.29, 0.717) is 0 Å². The topological polar surface area (TPSA) is 86.7 Å². The molecule has 0 rings (SSSR count). The van der Waals surface area contributed by atoms with E-state index in [9.17, 15) is 43.2 Å². The normalized spacial score (nSPS) is 13.7. The molecule has 0 aliphatic heterocycles. The summed E-state index contributed by atoms with van der Waals surface area (Å²) in [6, 6.07) is 0. The summed E-state index contributed by atoms with van der Waals surface area (Å²) in [4.78, 5) is 0. The Hall–Kier alpha value is -0.606. The lowest BCUT2D eigenvalue weighted by atomic mass is 11.4. The molecule has 0 aromatic rings. The highest BCUT2D eigenvalue weighted by Crippen LogP contribution is 2.24. The van der Waals surface area contributed by atoms with Crippen LogP contribution < -0.4 is 0 Å². The molecule has 0 saturated carbocycles. The van der Waals surface area contributed by atoms with Crippen molar-refractivity contribution in [3.05, 3.63) is 0 Å². The first-order valence-corrected chi connectivity index (χ1v) is 8.33. The molecule has 0 N–H and O–H groups in total. The van der Waals surface area contributed by atoms with Crippen LogP contribution >= 0.6 is 0 Å². The van der Waals surface area contributed by atoms with E-state index >= 15 is 0 Å². The van der Waals surface area contributed by atoms with Crippen molar-refractivity contribution in [1.82, 2.24) is 0 Å². The van der Waals surface area contributed by atoms with Gasteiger partial charge in [-0.3, -0.25) is 7.74 Å². The number of hydrogen-bond donors (Lipinski definition) is 0. The van der Waals surface area contributed by atoms with Gasteiger partial charge in [-0.1, -0.05) is 0 Å². The standard InChI is InChI=1S/C4F6O6S2Si2/c5-3(6,7)17(11,12)15-19-1-2-20-16-18(13,14)4(8,9)10. The summed E-state index contributed by atoms with van der Waals surface area (Å²) in [5, 5.41) is 0. The maximum atomic E-state index is 11.7. The average Bonchev–Trinajstić information content (AvgIpc) is 2.19. The molecule has 0 aliphatic carbocycles. The van der Waals surface area contributed by atoms with E-state index in [1.807, 2.05) is 0 Å². The van der Waals surface area contributed by atoms with Crippen LogP contribution in [-0.4, -0.2) is 47.4 Å². The van der Waals surface area contributed by atoms with Crippen LogP contribution in [0.2, 0.25) is 0 Å². The minimum absolute atomic E-state index is 1.57. The lowest BCUT2D eigenvalue weighted by Gasteiger charge is -2.05. The Morgan fingerprint density at radius 2 is 0.950 bits per heavy atom. The van der Waals surface area contributed by atoms with Crippen LogP contribution in [0.25, 0.3) is 0 Å². The van der Waals surface area contributed by atoms with E-state index in [-0.39, 0.29) is 0 Å². The molecule has 0 spiro atoms. The van der Waals surface area contributed by atoms with Crippen LogP contribution in [0.1, 0.15) is 0 Å². The van der Waals surface area contributed by atoms with Crippen LogP contribution in [0.15, 0.2) is 0 Å². The highest BCUT2D eigenvalue weighted by atomic mass is 32.2. The predicted octanol–water partition coefficient (Wildman–Crippen LogP) is -0.124. The van der Waals surface area contributed by atoms with Crippen LogP contribution in [0.4, 0.5) is 26.3 Å². The number of hydrogen-bond acceptors (Lipinski definition) is 6. The van der Waals surface area contributed by atoms with Gasteiger partial charge in [0.25, 0.3) is 0 Å². The van der Waals surface area contributed by atoms with E-state index in [4.69, 9.17) is 0 Å². The van der Waals surface area contributed by atoms with Crippen LogP contribution in [0.3, 0.4) is 0 Å². The first-order chi connectivity index (χ1) is 8.71. The third-order valence-electron chi connectivity index (χ3n) is 1.03. The molecule has 4 radical (unpaired) electrons. The quantitative estimate of drug-likeness (QED) is 0.293. The van der Waals surface area contributed by atoms with Crippen molar-refractivity contribution in [3.63, 3.8) is 0 Å². The average molecular weight is 378 g/mol. The van der Waals surface area contributed by atoms with Gasteiger partial charge < -0.3 is 0 Å². The Labute approximate surface area is 113 Å². The summed E-state index contributed by atoms with van der Waals surface area (Å²) in [6.45, 7) is 0. The van der Waals surface area contributed by atoms with Gasteiger partial charge in [-0.05, 0) is 0 Å². The maximum absolute atomic E-state index is 11.7. The molecular weight excluding hydrogens is 378 g/mol. The monoisotopic (exact) mass is 378 g/mol. The van der Waals surface area contributed by atoms with Crippen LogP contribution in [0.5, 0.6) is 0 Å². The minimum atomic E-state index is -5.86. The largest absolute Gasteiger partial charge is 0.522 e. The molecule has 0 bridgehead atoms. The summed E-state index contributed by atoms with van der Waals surface area (Å²) in [5.41, 5.74) is -8.19. The smallest absolute Gasteiger partial charge is 0.292 e. The lowest BCUT2D eigenvalue weighted by molar-refractivity contribution is -0.0503. The molecule has 0 aromatic heterocycles. The molecule has 6 nitrogen and oxygen atoms in total. The maximum Gasteiger partial charge on any atom is 0.522 e. The first-order valence-electron chi connectivity index (χ1n) is 3.70. The second kappa shape index (κ2) is 6.44. The van der Waals surface area contributed by atoms with Crippen molar-refractivity contribution in [2.45, 2.75) is 11.0 Å². The number of halogens is 6. The molecular formula is C4F6O6S2Si2. The zero-order valence-electron chi connectivity index (χ0n) is 8.53. The second-order valence-electron chi connectivity index (χ2n) is 2.42. The molecule has 0 aromatic carbocycles. The molecule has 20 heavy (non-hydrogen) atoms. The number of alkyl halides is 6. The van der Waals surface area contributed by atoms with E-state index < -0.39 is 50.8 Å². The van der Waals surface area contributed by atoms with Gasteiger partial charge in [-0.2, -0.15) is 43.2 Å². The summed E-state index contributed by atoms with van der Waals surface area (Å²) in [7, 11) is -14.9. The SMILES string of the molecule is O=S(=O)(O[Si]C#C[Si]OS(=O)(=O)C(F)(F)F)C(F)(F)F. The molecule has 0 unspecified atom stereocenters. The fourth-order valence-corrected chi connectivity index (χ4v) is 2.67. The Morgan fingerprint density at radius 3 is 1.15 bits per heavy atom. The first kappa shape index (κ1) is 19.4. The fourth-order valence-electron chi connectivity index (χ4n) is 0.297. The highest BCUT2D eigenvalue weighted by molar-refractivity contribution is 7.88. The third-order valence-corrected chi connectivity index (χ3v) is 5.29. The Balaban J connectivity index is 4.36. The Kier molecular flexibility index (Phi) is 6.25. The summed E-state index contributed by atoms with van der Waals surface area (Å²) in [6.07, 6.45) is 0. The van der Waals surface area contributed by atoms with E-state index in [0.717, 1.165) is 0 Å². The Morgan fingerprint density at radius 1 is 0.700 bits per heavy atom. The highest BCUT2D eigenvalue weighted by Gasteiger charge is 2.47. The Bertz CT molecular complexity index is 542. The van der Waals surface area contributed by atoms with Crippen molar-refractivity contribution in [2.75, 3.05) is 0 Å². The van der Waals surface area contributed by atoms with E-state index in [2.05, 4.69) is 7.74 Å². The van der Waals surface area contributed by atoms with E-state index in [1.165, 1.54) is 0 Å². The summed E-state index contributed by atoms with van der Waals surface area (Å²) in [5.74, 6) is 0. The van der Waals surface area contributed by atoms with Crippen LogP contribution in [0, 0.1) is 11.1 Å². The number of rotatable bonds is 4. The molecule has 0 amide bonds.